The van der Waals surface area contributed by atoms with Gasteiger partial charge in [-0.1, -0.05) is 23.9 Å². The van der Waals surface area contributed by atoms with Gasteiger partial charge in [0.2, 0.25) is 0 Å². The minimum atomic E-state index is -2.50. The Hall–Kier alpha value is -2.61. The third-order valence-electron chi connectivity index (χ3n) is 3.24. The molecule has 0 saturated heterocycles. The van der Waals surface area contributed by atoms with Crippen molar-refractivity contribution in [2.24, 2.45) is 0 Å². The second kappa shape index (κ2) is 9.76. The predicted octanol–water partition coefficient (Wildman–Crippen LogP) is 3.73. The number of halogens is 2. The van der Waals surface area contributed by atoms with Crippen molar-refractivity contribution < 1.29 is 27.8 Å². The molecule has 0 aromatic heterocycles. The first kappa shape index (κ1) is 19.7. The van der Waals surface area contributed by atoms with Gasteiger partial charge in [-0.15, -0.1) is 0 Å². The van der Waals surface area contributed by atoms with Gasteiger partial charge >= 0.3 is 5.97 Å². The molecule has 2 rings (SSSR count). The first-order valence-electron chi connectivity index (χ1n) is 7.59. The Morgan fingerprint density at radius 3 is 2.31 bits per heavy atom. The van der Waals surface area contributed by atoms with Crippen molar-refractivity contribution in [1.82, 2.24) is 0 Å². The van der Waals surface area contributed by atoms with Crippen LogP contribution in [0.25, 0.3) is 0 Å². The number of carbonyl (C=O) groups is 2. The van der Waals surface area contributed by atoms with Crippen LogP contribution in [0.1, 0.15) is 5.56 Å². The van der Waals surface area contributed by atoms with Crippen LogP contribution in [0.4, 0.5) is 14.5 Å². The maximum Gasteiger partial charge on any atom is 0.310 e. The van der Waals surface area contributed by atoms with Gasteiger partial charge in [0.15, 0.2) is 6.61 Å². The number of alkyl halides is 2. The SMILES string of the molecule is COc1ccc(CC(=O)OCC(=O)Nc2ccc(SC(F)F)cc2)cc1. The van der Waals surface area contributed by atoms with E-state index in [1.54, 1.807) is 31.4 Å². The van der Waals surface area contributed by atoms with Crippen LogP contribution in [0.2, 0.25) is 0 Å². The van der Waals surface area contributed by atoms with Crippen LogP contribution in [0, 0.1) is 0 Å². The molecular weight excluding hydrogens is 364 g/mol. The lowest BCUT2D eigenvalue weighted by Gasteiger charge is -2.08. The Morgan fingerprint density at radius 2 is 1.73 bits per heavy atom. The number of methoxy groups -OCH3 is 1. The number of nitrogens with one attached hydrogen (secondary N) is 1. The van der Waals surface area contributed by atoms with Crippen LogP contribution in [0.15, 0.2) is 53.4 Å². The molecule has 1 N–H and O–H groups in total. The molecule has 1 amide bonds. The van der Waals surface area contributed by atoms with E-state index in [9.17, 15) is 18.4 Å². The van der Waals surface area contributed by atoms with Gasteiger partial charge in [-0.05, 0) is 42.0 Å². The molecule has 0 aliphatic rings. The van der Waals surface area contributed by atoms with Gasteiger partial charge in [-0.2, -0.15) is 8.78 Å². The molecule has 0 aliphatic heterocycles. The van der Waals surface area contributed by atoms with Gasteiger partial charge in [0.25, 0.3) is 11.7 Å². The highest BCUT2D eigenvalue weighted by Crippen LogP contribution is 2.26. The van der Waals surface area contributed by atoms with E-state index < -0.39 is 24.2 Å². The molecular formula is C18H17F2NO4S. The maximum atomic E-state index is 12.2. The summed E-state index contributed by atoms with van der Waals surface area (Å²) in [5.74, 6) is -2.86. The highest BCUT2D eigenvalue weighted by molar-refractivity contribution is 7.99. The standard InChI is InChI=1S/C18H17F2NO4S/c1-24-14-6-2-12(3-7-14)10-17(23)25-11-16(22)21-13-4-8-15(9-5-13)26-18(19)20/h2-9,18H,10-11H2,1H3,(H,21,22). The summed E-state index contributed by atoms with van der Waals surface area (Å²) in [5, 5.41) is 2.53. The largest absolute Gasteiger partial charge is 0.497 e. The summed E-state index contributed by atoms with van der Waals surface area (Å²) in [4.78, 5) is 23.9. The predicted molar refractivity (Wildman–Crippen MR) is 94.6 cm³/mol. The fraction of sp³-hybridized carbons (Fsp3) is 0.222. The van der Waals surface area contributed by atoms with Crippen LogP contribution >= 0.6 is 11.8 Å². The molecule has 0 aliphatic carbocycles. The molecule has 0 unspecified atom stereocenters. The summed E-state index contributed by atoms with van der Waals surface area (Å²) >= 11 is 0.420. The molecule has 0 fully saturated rings. The number of rotatable bonds is 8. The van der Waals surface area contributed by atoms with E-state index in [2.05, 4.69) is 5.32 Å². The summed E-state index contributed by atoms with van der Waals surface area (Å²) in [7, 11) is 1.55. The zero-order chi connectivity index (χ0) is 18.9. The van der Waals surface area contributed by atoms with Gasteiger partial charge in [0.1, 0.15) is 5.75 Å². The second-order valence-electron chi connectivity index (χ2n) is 5.14. The zero-order valence-corrected chi connectivity index (χ0v) is 14.7. The maximum absolute atomic E-state index is 12.2. The normalized spacial score (nSPS) is 10.5. The summed E-state index contributed by atoms with van der Waals surface area (Å²) in [6.07, 6.45) is 0.0385. The average Bonchev–Trinajstić information content (AvgIpc) is 2.62. The quantitative estimate of drug-likeness (QED) is 0.558. The molecule has 0 spiro atoms. The van der Waals surface area contributed by atoms with E-state index in [0.717, 1.165) is 5.56 Å². The Labute approximate surface area is 153 Å². The fourth-order valence-corrected chi connectivity index (χ4v) is 2.52. The summed E-state index contributed by atoms with van der Waals surface area (Å²) < 4.78 is 34.4. The van der Waals surface area contributed by atoms with Crippen LogP contribution in [0.3, 0.4) is 0 Å². The van der Waals surface area contributed by atoms with Gasteiger partial charge in [0.05, 0.1) is 13.5 Å². The van der Waals surface area contributed by atoms with Crippen LogP contribution in [-0.2, 0) is 20.7 Å². The molecule has 26 heavy (non-hydrogen) atoms. The van der Waals surface area contributed by atoms with Crippen molar-refractivity contribution in [3.05, 3.63) is 54.1 Å². The third kappa shape index (κ3) is 6.72. The molecule has 138 valence electrons. The summed E-state index contributed by atoms with van der Waals surface area (Å²) in [6, 6.07) is 12.9. The molecule has 8 heteroatoms. The van der Waals surface area contributed by atoms with Gasteiger partial charge in [-0.25, -0.2) is 0 Å². The lowest BCUT2D eigenvalue weighted by atomic mass is 10.1. The number of benzene rings is 2. The highest BCUT2D eigenvalue weighted by atomic mass is 32.2. The van der Waals surface area contributed by atoms with Crippen molar-refractivity contribution in [3.8, 4) is 5.75 Å². The number of hydrogen-bond acceptors (Lipinski definition) is 5. The molecule has 0 saturated carbocycles. The van der Waals surface area contributed by atoms with Crippen molar-refractivity contribution in [3.63, 3.8) is 0 Å². The van der Waals surface area contributed by atoms with Gasteiger partial charge < -0.3 is 14.8 Å². The Bertz CT molecular complexity index is 736. The molecule has 0 heterocycles. The molecule has 0 atom stereocenters. The van der Waals surface area contributed by atoms with E-state index in [1.807, 2.05) is 0 Å². The molecule has 2 aromatic carbocycles. The number of carbonyl (C=O) groups excluding carboxylic acids is 2. The Morgan fingerprint density at radius 1 is 1.08 bits per heavy atom. The first-order valence-corrected chi connectivity index (χ1v) is 8.47. The molecule has 0 bridgehead atoms. The lowest BCUT2D eigenvalue weighted by Crippen LogP contribution is -2.21. The number of esters is 1. The van der Waals surface area contributed by atoms with Crippen LogP contribution in [-0.4, -0.2) is 31.4 Å². The van der Waals surface area contributed by atoms with E-state index >= 15 is 0 Å². The Balaban J connectivity index is 1.75. The number of hydrogen-bond donors (Lipinski definition) is 1. The molecule has 2 aromatic rings. The third-order valence-corrected chi connectivity index (χ3v) is 3.96. The van der Waals surface area contributed by atoms with Crippen molar-refractivity contribution in [1.29, 1.82) is 0 Å². The van der Waals surface area contributed by atoms with Crippen LogP contribution in [0.5, 0.6) is 5.75 Å². The minimum absolute atomic E-state index is 0.0385. The first-order chi connectivity index (χ1) is 12.5. The zero-order valence-electron chi connectivity index (χ0n) is 13.9. The average molecular weight is 381 g/mol. The lowest BCUT2D eigenvalue weighted by molar-refractivity contribution is -0.146. The van der Waals surface area contributed by atoms with Crippen molar-refractivity contribution in [2.75, 3.05) is 19.0 Å². The van der Waals surface area contributed by atoms with E-state index in [4.69, 9.17) is 9.47 Å². The fourth-order valence-electron chi connectivity index (χ4n) is 2.02. The second-order valence-corrected chi connectivity index (χ2v) is 6.20. The number of ether oxygens (including phenoxy) is 2. The van der Waals surface area contributed by atoms with Crippen molar-refractivity contribution >= 4 is 29.3 Å². The van der Waals surface area contributed by atoms with Gasteiger partial charge in [0, 0.05) is 10.6 Å². The number of anilines is 1. The number of amides is 1. The molecule has 0 radical (unpaired) electrons. The summed E-state index contributed by atoms with van der Waals surface area (Å²) in [5.41, 5.74) is 1.17. The van der Waals surface area contributed by atoms with E-state index in [-0.39, 0.29) is 6.42 Å². The monoisotopic (exact) mass is 381 g/mol. The Kier molecular flexibility index (Phi) is 7.40. The number of thioether (sulfide) groups is 1. The summed E-state index contributed by atoms with van der Waals surface area (Å²) in [6.45, 7) is -0.428. The minimum Gasteiger partial charge on any atom is -0.497 e. The smallest absolute Gasteiger partial charge is 0.310 e. The van der Waals surface area contributed by atoms with E-state index in [0.29, 0.717) is 28.1 Å². The highest BCUT2D eigenvalue weighted by Gasteiger charge is 2.10. The van der Waals surface area contributed by atoms with E-state index in [1.165, 1.54) is 24.3 Å². The van der Waals surface area contributed by atoms with Gasteiger partial charge in [-0.3, -0.25) is 9.59 Å². The van der Waals surface area contributed by atoms with Crippen LogP contribution < -0.4 is 10.1 Å². The topological polar surface area (TPSA) is 64.6 Å². The van der Waals surface area contributed by atoms with Crippen molar-refractivity contribution in [2.45, 2.75) is 17.1 Å². The molecule has 5 nitrogen and oxygen atoms in total.